The molecule has 0 aliphatic rings. The second kappa shape index (κ2) is 8.59. The van der Waals surface area contributed by atoms with E-state index in [-0.39, 0.29) is 12.8 Å². The van der Waals surface area contributed by atoms with Crippen molar-refractivity contribution in [2.75, 3.05) is 20.4 Å². The van der Waals surface area contributed by atoms with Crippen molar-refractivity contribution in [3.63, 3.8) is 0 Å². The summed E-state index contributed by atoms with van der Waals surface area (Å²) >= 11 is 9.34. The number of methoxy groups -OCH3 is 1. The molecule has 0 aromatic heterocycles. The van der Waals surface area contributed by atoms with Gasteiger partial charge in [-0.3, -0.25) is 5.32 Å². The number of carbonyl (C=O) groups is 1. The van der Waals surface area contributed by atoms with Crippen LogP contribution in [0.25, 0.3) is 0 Å². The third-order valence-electron chi connectivity index (χ3n) is 2.65. The zero-order chi connectivity index (χ0) is 15.1. The first-order valence-electron chi connectivity index (χ1n) is 6.05. The maximum absolute atomic E-state index is 11.1. The summed E-state index contributed by atoms with van der Waals surface area (Å²) in [6, 6.07) is 5.31. The van der Waals surface area contributed by atoms with Gasteiger partial charge in [0, 0.05) is 22.1 Å². The highest BCUT2D eigenvalue weighted by Gasteiger charge is 2.13. The molecule has 1 unspecified atom stereocenters. The molecular formula is C13H18BrClN2O3. The summed E-state index contributed by atoms with van der Waals surface area (Å²) in [6.45, 7) is 2.34. The van der Waals surface area contributed by atoms with E-state index in [0.717, 1.165) is 10.0 Å². The van der Waals surface area contributed by atoms with E-state index >= 15 is 0 Å². The Morgan fingerprint density at radius 1 is 1.50 bits per heavy atom. The van der Waals surface area contributed by atoms with Crippen molar-refractivity contribution >= 4 is 33.5 Å². The summed E-state index contributed by atoms with van der Waals surface area (Å²) in [5.74, 6) is -0.408. The molecule has 0 saturated carbocycles. The van der Waals surface area contributed by atoms with Crippen LogP contribution in [0.3, 0.4) is 0 Å². The quantitative estimate of drug-likeness (QED) is 0.440. The van der Waals surface area contributed by atoms with Gasteiger partial charge >= 0.3 is 5.97 Å². The molecule has 20 heavy (non-hydrogen) atoms. The minimum absolute atomic E-state index is 0.214. The first-order valence-corrected chi connectivity index (χ1v) is 7.23. The molecule has 5 nitrogen and oxygen atoms in total. The molecule has 3 N–H and O–H groups in total. The van der Waals surface area contributed by atoms with E-state index in [1.165, 1.54) is 7.11 Å². The molecule has 7 heteroatoms. The molecule has 0 saturated heterocycles. The minimum atomic E-state index is -0.607. The summed E-state index contributed by atoms with van der Waals surface area (Å²) < 4.78 is 10.7. The van der Waals surface area contributed by atoms with Gasteiger partial charge in [-0.25, -0.2) is 4.79 Å². The van der Waals surface area contributed by atoms with Gasteiger partial charge in [0.2, 0.25) is 0 Å². The highest BCUT2D eigenvalue weighted by Crippen LogP contribution is 2.22. The van der Waals surface area contributed by atoms with Crippen molar-refractivity contribution in [2.45, 2.75) is 19.1 Å². The SMILES string of the molecule is COC(=O)C(C)OCNC[C@H](N)c1cc(Cl)cc(Br)c1. The number of esters is 1. The minimum Gasteiger partial charge on any atom is -0.467 e. The van der Waals surface area contributed by atoms with Gasteiger partial charge in [-0.2, -0.15) is 0 Å². The van der Waals surface area contributed by atoms with E-state index < -0.39 is 12.1 Å². The summed E-state index contributed by atoms with van der Waals surface area (Å²) in [7, 11) is 1.32. The molecule has 0 amide bonds. The molecule has 0 heterocycles. The van der Waals surface area contributed by atoms with E-state index in [0.29, 0.717) is 11.6 Å². The fraction of sp³-hybridized carbons (Fsp3) is 0.462. The number of carbonyl (C=O) groups excluding carboxylic acids is 1. The lowest BCUT2D eigenvalue weighted by Gasteiger charge is -2.15. The fourth-order valence-corrected chi connectivity index (χ4v) is 2.43. The van der Waals surface area contributed by atoms with Crippen LogP contribution < -0.4 is 11.1 Å². The molecule has 1 rings (SSSR count). The van der Waals surface area contributed by atoms with Gasteiger partial charge in [-0.15, -0.1) is 0 Å². The maximum Gasteiger partial charge on any atom is 0.334 e. The lowest BCUT2D eigenvalue weighted by Crippen LogP contribution is -2.32. The number of halogens is 2. The normalized spacial score (nSPS) is 13.8. The molecule has 0 fully saturated rings. The van der Waals surface area contributed by atoms with Crippen LogP contribution in [0.2, 0.25) is 5.02 Å². The number of hydrogen-bond donors (Lipinski definition) is 2. The summed E-state index contributed by atoms with van der Waals surface area (Å²) in [6.07, 6.45) is -0.607. The van der Waals surface area contributed by atoms with Crippen molar-refractivity contribution in [1.29, 1.82) is 0 Å². The zero-order valence-corrected chi connectivity index (χ0v) is 13.7. The van der Waals surface area contributed by atoms with E-state index in [1.807, 2.05) is 12.1 Å². The second-order valence-electron chi connectivity index (χ2n) is 4.24. The van der Waals surface area contributed by atoms with Crippen LogP contribution >= 0.6 is 27.5 Å². The third-order valence-corrected chi connectivity index (χ3v) is 3.32. The number of rotatable bonds is 7. The number of nitrogens with two attached hydrogens (primary N) is 1. The van der Waals surface area contributed by atoms with Gasteiger partial charge < -0.3 is 15.2 Å². The molecule has 1 aromatic rings. The van der Waals surface area contributed by atoms with E-state index in [2.05, 4.69) is 26.0 Å². The van der Waals surface area contributed by atoms with Crippen molar-refractivity contribution in [3.05, 3.63) is 33.3 Å². The zero-order valence-electron chi connectivity index (χ0n) is 11.4. The van der Waals surface area contributed by atoms with Gasteiger partial charge in [0.15, 0.2) is 6.10 Å². The summed E-state index contributed by atoms with van der Waals surface area (Å²) in [4.78, 5) is 11.1. The van der Waals surface area contributed by atoms with Crippen molar-refractivity contribution in [2.24, 2.45) is 5.73 Å². The third kappa shape index (κ3) is 5.76. The lowest BCUT2D eigenvalue weighted by atomic mass is 10.1. The molecule has 2 atom stereocenters. The average molecular weight is 366 g/mol. The van der Waals surface area contributed by atoms with Gasteiger partial charge in [0.1, 0.15) is 0 Å². The Hall–Kier alpha value is -0.660. The lowest BCUT2D eigenvalue weighted by molar-refractivity contribution is -0.153. The van der Waals surface area contributed by atoms with Crippen LogP contribution in [0, 0.1) is 0 Å². The monoisotopic (exact) mass is 364 g/mol. The predicted molar refractivity (Wildman–Crippen MR) is 81.5 cm³/mol. The molecule has 0 radical (unpaired) electrons. The maximum atomic E-state index is 11.1. The van der Waals surface area contributed by atoms with Crippen LogP contribution in [0.5, 0.6) is 0 Å². The van der Waals surface area contributed by atoms with Crippen LogP contribution in [0.4, 0.5) is 0 Å². The molecular weight excluding hydrogens is 348 g/mol. The van der Waals surface area contributed by atoms with Gasteiger partial charge in [0.25, 0.3) is 0 Å². The van der Waals surface area contributed by atoms with Crippen LogP contribution in [0.1, 0.15) is 18.5 Å². The van der Waals surface area contributed by atoms with Crippen molar-refractivity contribution in [1.82, 2.24) is 5.32 Å². The number of nitrogens with one attached hydrogen (secondary N) is 1. The Bertz CT molecular complexity index is 439. The van der Waals surface area contributed by atoms with E-state index in [9.17, 15) is 4.79 Å². The molecule has 0 bridgehead atoms. The van der Waals surface area contributed by atoms with Gasteiger partial charge in [-0.05, 0) is 30.7 Å². The first-order chi connectivity index (χ1) is 9.43. The topological polar surface area (TPSA) is 73.6 Å². The smallest absolute Gasteiger partial charge is 0.334 e. The van der Waals surface area contributed by atoms with Gasteiger partial charge in [0.05, 0.1) is 13.8 Å². The highest BCUT2D eigenvalue weighted by atomic mass is 79.9. The van der Waals surface area contributed by atoms with E-state index in [1.54, 1.807) is 13.0 Å². The van der Waals surface area contributed by atoms with E-state index in [4.69, 9.17) is 22.1 Å². The predicted octanol–water partition coefficient (Wildman–Crippen LogP) is 2.23. The van der Waals surface area contributed by atoms with Crippen LogP contribution in [-0.4, -0.2) is 32.5 Å². The van der Waals surface area contributed by atoms with Crippen LogP contribution in [-0.2, 0) is 14.3 Å². The summed E-state index contributed by atoms with van der Waals surface area (Å²) in [5.41, 5.74) is 6.96. The fourth-order valence-electron chi connectivity index (χ4n) is 1.54. The Kier molecular flexibility index (Phi) is 7.47. The molecule has 1 aromatic carbocycles. The molecule has 0 aliphatic carbocycles. The van der Waals surface area contributed by atoms with Crippen LogP contribution in [0.15, 0.2) is 22.7 Å². The van der Waals surface area contributed by atoms with Crippen molar-refractivity contribution in [3.8, 4) is 0 Å². The van der Waals surface area contributed by atoms with Crippen molar-refractivity contribution < 1.29 is 14.3 Å². The number of benzene rings is 1. The Morgan fingerprint density at radius 2 is 2.20 bits per heavy atom. The first kappa shape index (κ1) is 17.4. The van der Waals surface area contributed by atoms with Gasteiger partial charge in [-0.1, -0.05) is 27.5 Å². The highest BCUT2D eigenvalue weighted by molar-refractivity contribution is 9.10. The second-order valence-corrected chi connectivity index (χ2v) is 5.59. The largest absolute Gasteiger partial charge is 0.467 e. The standard InChI is InChI=1S/C13H18BrClN2O3/c1-8(13(18)19-2)20-7-17-6-12(16)9-3-10(14)5-11(15)4-9/h3-5,8,12,17H,6-7,16H2,1-2H3/t8?,12-/m0/s1. The number of hydrogen-bond acceptors (Lipinski definition) is 5. The Morgan fingerprint density at radius 3 is 2.80 bits per heavy atom. The summed E-state index contributed by atoms with van der Waals surface area (Å²) in [5, 5.41) is 3.64. The Labute approximate surface area is 131 Å². The molecule has 112 valence electrons. The molecule has 0 spiro atoms. The average Bonchev–Trinajstić information content (AvgIpc) is 2.41. The number of ether oxygens (including phenoxy) is 2. The Balaban J connectivity index is 2.36. The molecule has 0 aliphatic heterocycles.